The molecule has 1 atom stereocenters. The van der Waals surface area contributed by atoms with Crippen molar-refractivity contribution in [3.05, 3.63) is 66.4 Å². The monoisotopic (exact) mass is 337 g/mol. The van der Waals surface area contributed by atoms with Gasteiger partial charge in [0.25, 0.3) is 0 Å². The van der Waals surface area contributed by atoms with Gasteiger partial charge in [-0.15, -0.1) is 0 Å². The second-order valence-electron chi connectivity index (χ2n) is 6.00. The number of anilines is 1. The Balaban J connectivity index is 1.44. The van der Waals surface area contributed by atoms with Crippen molar-refractivity contribution in [2.45, 2.75) is 6.42 Å². The predicted octanol–water partition coefficient (Wildman–Crippen LogP) is 3.41. The number of aromatic amines is 1. The molecule has 0 radical (unpaired) electrons. The van der Waals surface area contributed by atoms with Gasteiger partial charge in [-0.2, -0.15) is 0 Å². The largest absolute Gasteiger partial charge is 0.492 e. The van der Waals surface area contributed by atoms with Gasteiger partial charge in [-0.05, 0) is 47.9 Å². The molecule has 25 heavy (non-hydrogen) atoms. The molecule has 0 aliphatic carbocycles. The number of H-pyrrole nitrogens is 1. The second kappa shape index (κ2) is 6.39. The zero-order chi connectivity index (χ0) is 17.2. The number of carbonyl (C=O) groups excluding carboxylic acids is 1. The van der Waals surface area contributed by atoms with Crippen molar-refractivity contribution >= 4 is 11.6 Å². The number of amides is 1. The van der Waals surface area contributed by atoms with E-state index < -0.39 is 0 Å². The maximum Gasteiger partial charge on any atom is 0.231 e. The fraction of sp³-hybridized carbons (Fsp3) is 0.158. The Morgan fingerprint density at radius 3 is 2.84 bits per heavy atom. The van der Waals surface area contributed by atoms with Crippen molar-refractivity contribution in [2.75, 3.05) is 11.9 Å². The summed E-state index contributed by atoms with van der Waals surface area (Å²) in [4.78, 5) is 19.5. The van der Waals surface area contributed by atoms with Crippen LogP contribution in [0, 0.1) is 11.7 Å². The number of rotatable bonds is 3. The van der Waals surface area contributed by atoms with Crippen LogP contribution in [0.3, 0.4) is 0 Å². The number of ether oxygens (including phenoxy) is 1. The zero-order valence-corrected chi connectivity index (χ0v) is 13.3. The zero-order valence-electron chi connectivity index (χ0n) is 13.3. The molecule has 2 heterocycles. The van der Waals surface area contributed by atoms with Crippen molar-refractivity contribution in [1.29, 1.82) is 0 Å². The van der Waals surface area contributed by atoms with Crippen LogP contribution in [0.1, 0.15) is 5.56 Å². The second-order valence-corrected chi connectivity index (χ2v) is 6.00. The fourth-order valence-electron chi connectivity index (χ4n) is 2.92. The number of carbonyl (C=O) groups is 1. The Kier molecular flexibility index (Phi) is 3.93. The maximum atomic E-state index is 13.4. The summed E-state index contributed by atoms with van der Waals surface area (Å²) in [6, 6.07) is 11.9. The molecule has 1 amide bonds. The van der Waals surface area contributed by atoms with Gasteiger partial charge < -0.3 is 15.0 Å². The van der Waals surface area contributed by atoms with E-state index in [1.165, 1.54) is 12.1 Å². The van der Waals surface area contributed by atoms with Crippen molar-refractivity contribution < 1.29 is 13.9 Å². The number of halogens is 1. The molecule has 5 nitrogen and oxygen atoms in total. The van der Waals surface area contributed by atoms with E-state index in [4.69, 9.17) is 4.74 Å². The summed E-state index contributed by atoms with van der Waals surface area (Å²) in [6.07, 6.45) is 3.82. The first-order valence-corrected chi connectivity index (χ1v) is 8.00. The van der Waals surface area contributed by atoms with Crippen molar-refractivity contribution in [3.8, 4) is 17.0 Å². The van der Waals surface area contributed by atoms with E-state index in [2.05, 4.69) is 15.3 Å². The van der Waals surface area contributed by atoms with Gasteiger partial charge >= 0.3 is 0 Å². The molecule has 1 aliphatic heterocycles. The molecule has 4 rings (SSSR count). The number of nitrogens with one attached hydrogen (secondary N) is 2. The quantitative estimate of drug-likeness (QED) is 0.770. The van der Waals surface area contributed by atoms with E-state index in [1.807, 2.05) is 24.3 Å². The summed E-state index contributed by atoms with van der Waals surface area (Å²) < 4.78 is 18.9. The Labute approximate surface area is 143 Å². The van der Waals surface area contributed by atoms with Crippen LogP contribution in [-0.4, -0.2) is 22.5 Å². The summed E-state index contributed by atoms with van der Waals surface area (Å²) in [6.45, 7) is 0.288. The smallest absolute Gasteiger partial charge is 0.231 e. The number of fused-ring (bicyclic) bond motifs is 1. The van der Waals surface area contributed by atoms with Crippen molar-refractivity contribution in [1.82, 2.24) is 9.97 Å². The number of hydrogen-bond acceptors (Lipinski definition) is 3. The average molecular weight is 337 g/mol. The van der Waals surface area contributed by atoms with Gasteiger partial charge in [0, 0.05) is 5.69 Å². The van der Waals surface area contributed by atoms with Gasteiger partial charge in [0.15, 0.2) is 0 Å². The molecule has 126 valence electrons. The minimum absolute atomic E-state index is 0.135. The third-order valence-electron chi connectivity index (χ3n) is 4.26. The van der Waals surface area contributed by atoms with Crippen LogP contribution in [0.4, 0.5) is 10.1 Å². The number of imidazole rings is 1. The molecule has 0 saturated carbocycles. The van der Waals surface area contributed by atoms with Crippen LogP contribution in [0.25, 0.3) is 11.3 Å². The Bertz CT molecular complexity index is 892. The molecule has 1 unspecified atom stereocenters. The molecule has 0 fully saturated rings. The minimum atomic E-state index is -0.346. The van der Waals surface area contributed by atoms with Crippen LogP contribution in [0.5, 0.6) is 5.75 Å². The van der Waals surface area contributed by atoms with E-state index >= 15 is 0 Å². The van der Waals surface area contributed by atoms with Gasteiger partial charge in [0.1, 0.15) is 18.2 Å². The molecule has 1 aliphatic rings. The first kappa shape index (κ1) is 15.4. The van der Waals surface area contributed by atoms with Gasteiger partial charge in [-0.25, -0.2) is 9.37 Å². The van der Waals surface area contributed by atoms with Gasteiger partial charge in [-0.1, -0.05) is 12.1 Å². The Hall–Kier alpha value is -3.15. The number of aromatic nitrogens is 2. The molecule has 0 saturated heterocycles. The Morgan fingerprint density at radius 2 is 2.08 bits per heavy atom. The highest BCUT2D eigenvalue weighted by atomic mass is 19.1. The lowest BCUT2D eigenvalue weighted by Crippen LogP contribution is -2.32. The number of benzene rings is 2. The molecule has 1 aromatic heterocycles. The third-order valence-corrected chi connectivity index (χ3v) is 4.26. The maximum absolute atomic E-state index is 13.4. The normalized spacial score (nSPS) is 16.0. The molecule has 2 N–H and O–H groups in total. The molecule has 0 spiro atoms. The van der Waals surface area contributed by atoms with E-state index in [-0.39, 0.29) is 24.2 Å². The lowest BCUT2D eigenvalue weighted by Gasteiger charge is -2.24. The predicted molar refractivity (Wildman–Crippen MR) is 91.7 cm³/mol. The van der Waals surface area contributed by atoms with Gasteiger partial charge in [0.05, 0.1) is 24.1 Å². The summed E-state index contributed by atoms with van der Waals surface area (Å²) in [5.74, 6) is -0.155. The molecule has 0 bridgehead atoms. The molecule has 3 aromatic rings. The summed E-state index contributed by atoms with van der Waals surface area (Å²) >= 11 is 0. The summed E-state index contributed by atoms with van der Waals surface area (Å²) in [5, 5.41) is 2.89. The summed E-state index contributed by atoms with van der Waals surface area (Å²) in [7, 11) is 0. The molecule has 2 aromatic carbocycles. The Morgan fingerprint density at radius 1 is 1.24 bits per heavy atom. The summed E-state index contributed by atoms with van der Waals surface area (Å²) in [5.41, 5.74) is 3.33. The number of hydrogen-bond donors (Lipinski definition) is 2. The van der Waals surface area contributed by atoms with E-state index in [0.717, 1.165) is 16.8 Å². The van der Waals surface area contributed by atoms with Crippen LogP contribution in [0.2, 0.25) is 0 Å². The lowest BCUT2D eigenvalue weighted by atomic mass is 9.96. The van der Waals surface area contributed by atoms with E-state index in [1.54, 1.807) is 18.6 Å². The van der Waals surface area contributed by atoms with E-state index in [0.29, 0.717) is 17.9 Å². The highest BCUT2D eigenvalue weighted by Gasteiger charge is 2.26. The van der Waals surface area contributed by atoms with Crippen LogP contribution < -0.4 is 10.1 Å². The number of nitrogens with zero attached hydrogens (tertiary/aromatic N) is 1. The fourth-order valence-corrected chi connectivity index (χ4v) is 2.92. The first-order chi connectivity index (χ1) is 12.2. The van der Waals surface area contributed by atoms with E-state index in [9.17, 15) is 9.18 Å². The molecular weight excluding hydrogens is 321 g/mol. The topological polar surface area (TPSA) is 67.0 Å². The van der Waals surface area contributed by atoms with Crippen LogP contribution >= 0.6 is 0 Å². The highest BCUT2D eigenvalue weighted by Crippen LogP contribution is 2.28. The molecular formula is C19H16FN3O2. The van der Waals surface area contributed by atoms with Gasteiger partial charge in [0.2, 0.25) is 5.91 Å². The molecule has 6 heteroatoms. The van der Waals surface area contributed by atoms with Crippen LogP contribution in [-0.2, 0) is 11.2 Å². The van der Waals surface area contributed by atoms with Gasteiger partial charge in [-0.3, -0.25) is 4.79 Å². The first-order valence-electron chi connectivity index (χ1n) is 8.00. The highest BCUT2D eigenvalue weighted by molar-refractivity contribution is 5.93. The van der Waals surface area contributed by atoms with Crippen molar-refractivity contribution in [2.24, 2.45) is 5.92 Å². The third kappa shape index (κ3) is 3.24. The SMILES string of the molecule is O=C(Nc1ccc(-c2cnc[nH]2)cc1)C1COc2ccc(F)cc2C1. The average Bonchev–Trinajstić information content (AvgIpc) is 3.16. The minimum Gasteiger partial charge on any atom is -0.492 e. The van der Waals surface area contributed by atoms with Crippen LogP contribution in [0.15, 0.2) is 55.0 Å². The van der Waals surface area contributed by atoms with Crippen molar-refractivity contribution in [3.63, 3.8) is 0 Å². The standard InChI is InChI=1S/C19H16FN3O2/c20-15-3-6-18-13(8-15)7-14(10-25-18)19(24)23-16-4-1-12(2-5-16)17-9-21-11-22-17/h1-6,8-9,11,14H,7,10H2,(H,21,22)(H,23,24). The lowest BCUT2D eigenvalue weighted by molar-refractivity contribution is -0.121.